The predicted molar refractivity (Wildman–Crippen MR) is 115 cm³/mol. The molecule has 28 heavy (non-hydrogen) atoms. The Balaban J connectivity index is 1.94. The van der Waals surface area contributed by atoms with E-state index in [1.807, 2.05) is 56.3 Å². The lowest BCUT2D eigenvalue weighted by molar-refractivity contribution is 0.787. The Labute approximate surface area is 173 Å². The zero-order valence-electron chi connectivity index (χ0n) is 15.6. The molecule has 1 N–H and O–H groups in total. The normalized spacial score (nSPS) is 13.1. The molecule has 142 valence electrons. The lowest BCUT2D eigenvalue weighted by Crippen LogP contribution is -2.08. The highest BCUT2D eigenvalue weighted by molar-refractivity contribution is 6.36. The fourth-order valence-corrected chi connectivity index (χ4v) is 3.78. The SMILES string of the molecule is CCNN=Cc1nc(C)n2c1CN=C(c1ccccc1Cl)c1cc(Cl)ccc1-2. The summed E-state index contributed by atoms with van der Waals surface area (Å²) in [6.07, 6.45) is 1.74. The number of halogens is 2. The number of hydrogen-bond donors (Lipinski definition) is 1. The molecule has 0 bridgehead atoms. The molecule has 0 spiro atoms. The molecule has 0 radical (unpaired) electrons. The minimum Gasteiger partial charge on any atom is -0.310 e. The molecule has 1 aliphatic heterocycles. The summed E-state index contributed by atoms with van der Waals surface area (Å²) in [6, 6.07) is 13.5. The highest BCUT2D eigenvalue weighted by atomic mass is 35.5. The summed E-state index contributed by atoms with van der Waals surface area (Å²) in [5, 5.41) is 5.53. The van der Waals surface area contributed by atoms with Crippen molar-refractivity contribution in [1.82, 2.24) is 15.0 Å². The van der Waals surface area contributed by atoms with Gasteiger partial charge in [-0.1, -0.05) is 41.4 Å². The van der Waals surface area contributed by atoms with Crippen LogP contribution in [0.2, 0.25) is 10.0 Å². The van der Waals surface area contributed by atoms with E-state index in [-0.39, 0.29) is 0 Å². The van der Waals surface area contributed by atoms with Crippen LogP contribution >= 0.6 is 23.2 Å². The topological polar surface area (TPSA) is 54.6 Å². The lowest BCUT2D eigenvalue weighted by Gasteiger charge is -2.14. The summed E-state index contributed by atoms with van der Waals surface area (Å²) in [5.41, 5.74) is 8.32. The van der Waals surface area contributed by atoms with Gasteiger partial charge in [0.15, 0.2) is 0 Å². The number of benzene rings is 2. The number of nitrogens with one attached hydrogen (secondary N) is 1. The van der Waals surface area contributed by atoms with Crippen LogP contribution in [0.1, 0.15) is 35.3 Å². The van der Waals surface area contributed by atoms with Gasteiger partial charge in [-0.25, -0.2) is 4.98 Å². The third-order valence-corrected chi connectivity index (χ3v) is 5.14. The molecule has 5 nitrogen and oxygen atoms in total. The number of aliphatic imine (C=N–C) groups is 1. The summed E-state index contributed by atoms with van der Waals surface area (Å²) >= 11 is 12.8. The third kappa shape index (κ3) is 3.32. The van der Waals surface area contributed by atoms with Crippen molar-refractivity contribution in [2.24, 2.45) is 10.1 Å². The van der Waals surface area contributed by atoms with Crippen molar-refractivity contribution in [2.75, 3.05) is 6.54 Å². The second-order valence-electron chi connectivity index (χ2n) is 6.40. The van der Waals surface area contributed by atoms with Gasteiger partial charge in [0.05, 0.1) is 29.9 Å². The molecule has 0 unspecified atom stereocenters. The second kappa shape index (κ2) is 7.78. The smallest absolute Gasteiger partial charge is 0.111 e. The highest BCUT2D eigenvalue weighted by Crippen LogP contribution is 2.31. The van der Waals surface area contributed by atoms with Crippen LogP contribution in [0.3, 0.4) is 0 Å². The van der Waals surface area contributed by atoms with E-state index >= 15 is 0 Å². The van der Waals surface area contributed by atoms with Crippen LogP contribution in [-0.4, -0.2) is 28.0 Å². The van der Waals surface area contributed by atoms with Gasteiger partial charge in [-0.05, 0) is 38.1 Å². The summed E-state index contributed by atoms with van der Waals surface area (Å²) in [4.78, 5) is 9.60. The van der Waals surface area contributed by atoms with E-state index in [0.29, 0.717) is 16.6 Å². The number of fused-ring (bicyclic) bond motifs is 3. The van der Waals surface area contributed by atoms with E-state index in [0.717, 1.165) is 46.3 Å². The largest absolute Gasteiger partial charge is 0.310 e. The molecule has 0 atom stereocenters. The molecule has 2 aromatic carbocycles. The van der Waals surface area contributed by atoms with Crippen LogP contribution in [0.15, 0.2) is 52.6 Å². The number of hydrazone groups is 1. The first-order chi connectivity index (χ1) is 13.6. The highest BCUT2D eigenvalue weighted by Gasteiger charge is 2.24. The van der Waals surface area contributed by atoms with Gasteiger partial charge in [-0.15, -0.1) is 0 Å². The maximum Gasteiger partial charge on any atom is 0.111 e. The fraction of sp³-hybridized carbons (Fsp3) is 0.190. The quantitative estimate of drug-likeness (QED) is 0.495. The molecule has 1 aliphatic rings. The Morgan fingerprint density at radius 2 is 2.00 bits per heavy atom. The Morgan fingerprint density at radius 1 is 1.18 bits per heavy atom. The zero-order valence-corrected chi connectivity index (χ0v) is 17.1. The number of nitrogens with zero attached hydrogens (tertiary/aromatic N) is 4. The van der Waals surface area contributed by atoms with Crippen molar-refractivity contribution in [3.05, 3.63) is 80.8 Å². The minimum absolute atomic E-state index is 0.459. The molecule has 2 heterocycles. The van der Waals surface area contributed by atoms with E-state index < -0.39 is 0 Å². The zero-order chi connectivity index (χ0) is 19.7. The molecule has 0 fully saturated rings. The summed E-state index contributed by atoms with van der Waals surface area (Å²) < 4.78 is 2.12. The van der Waals surface area contributed by atoms with Gasteiger partial charge in [0.2, 0.25) is 0 Å². The van der Waals surface area contributed by atoms with E-state index in [2.05, 4.69) is 20.1 Å². The average molecular weight is 412 g/mol. The van der Waals surface area contributed by atoms with Crippen molar-refractivity contribution in [2.45, 2.75) is 20.4 Å². The summed E-state index contributed by atoms with van der Waals surface area (Å²) in [7, 11) is 0. The van der Waals surface area contributed by atoms with Gasteiger partial charge in [-0.3, -0.25) is 9.56 Å². The fourth-order valence-electron chi connectivity index (χ4n) is 3.39. The van der Waals surface area contributed by atoms with Gasteiger partial charge >= 0.3 is 0 Å². The molecule has 0 saturated heterocycles. The Kier molecular flexibility index (Phi) is 5.20. The number of rotatable bonds is 4. The summed E-state index contributed by atoms with van der Waals surface area (Å²) in [5.74, 6) is 0.868. The van der Waals surface area contributed by atoms with Gasteiger partial charge < -0.3 is 5.43 Å². The molecular formula is C21H19Cl2N5. The Morgan fingerprint density at radius 3 is 2.79 bits per heavy atom. The Hall–Kier alpha value is -2.63. The van der Waals surface area contributed by atoms with Crippen molar-refractivity contribution in [1.29, 1.82) is 0 Å². The number of aromatic nitrogens is 2. The molecule has 1 aromatic heterocycles. The first-order valence-electron chi connectivity index (χ1n) is 9.04. The summed E-state index contributed by atoms with van der Waals surface area (Å²) in [6.45, 7) is 5.19. The van der Waals surface area contributed by atoms with Crippen LogP contribution in [-0.2, 0) is 6.54 Å². The maximum absolute atomic E-state index is 6.49. The standard InChI is InChI=1S/C21H19Cl2N5/c1-3-25-26-11-18-20-12-24-21(15-6-4-5-7-17(15)23)16-10-14(22)8-9-19(16)28(20)13(2)27-18/h4-11,25H,3,12H2,1-2H3. The van der Waals surface area contributed by atoms with Crippen LogP contribution in [0.5, 0.6) is 0 Å². The van der Waals surface area contributed by atoms with Crippen molar-refractivity contribution in [3.63, 3.8) is 0 Å². The van der Waals surface area contributed by atoms with Crippen LogP contribution in [0.25, 0.3) is 5.69 Å². The van der Waals surface area contributed by atoms with Crippen molar-refractivity contribution >= 4 is 35.1 Å². The number of aryl methyl sites for hydroxylation is 1. The average Bonchev–Trinajstić information content (AvgIpc) is 2.89. The van der Waals surface area contributed by atoms with Crippen LogP contribution in [0, 0.1) is 6.92 Å². The molecule has 0 amide bonds. The van der Waals surface area contributed by atoms with Gasteiger partial charge in [0.25, 0.3) is 0 Å². The van der Waals surface area contributed by atoms with Gasteiger partial charge in [0, 0.05) is 27.7 Å². The van der Waals surface area contributed by atoms with Crippen molar-refractivity contribution < 1.29 is 0 Å². The van der Waals surface area contributed by atoms with Crippen LogP contribution < -0.4 is 5.43 Å². The van der Waals surface area contributed by atoms with E-state index in [1.54, 1.807) is 6.21 Å². The van der Waals surface area contributed by atoms with Crippen molar-refractivity contribution in [3.8, 4) is 5.69 Å². The van der Waals surface area contributed by atoms with E-state index in [9.17, 15) is 0 Å². The van der Waals surface area contributed by atoms with Gasteiger partial charge in [0.1, 0.15) is 11.5 Å². The van der Waals surface area contributed by atoms with E-state index in [1.165, 1.54) is 0 Å². The molecule has 0 aliphatic carbocycles. The molecule has 4 rings (SSSR count). The third-order valence-electron chi connectivity index (χ3n) is 4.58. The van der Waals surface area contributed by atoms with E-state index in [4.69, 9.17) is 28.2 Å². The molecule has 3 aromatic rings. The molecule has 0 saturated carbocycles. The first kappa shape index (κ1) is 18.7. The van der Waals surface area contributed by atoms with Crippen LogP contribution in [0.4, 0.5) is 0 Å². The Bertz CT molecular complexity index is 1100. The van der Waals surface area contributed by atoms with Gasteiger partial charge in [-0.2, -0.15) is 5.10 Å². The molecule has 7 heteroatoms. The number of hydrogen-bond acceptors (Lipinski definition) is 4. The minimum atomic E-state index is 0.459. The second-order valence-corrected chi connectivity index (χ2v) is 7.25. The first-order valence-corrected chi connectivity index (χ1v) is 9.79. The number of imidazole rings is 1. The maximum atomic E-state index is 6.49. The monoisotopic (exact) mass is 411 g/mol. The molecular weight excluding hydrogens is 393 g/mol. The predicted octanol–water partition coefficient (Wildman–Crippen LogP) is 4.78. The lowest BCUT2D eigenvalue weighted by atomic mass is 10.0.